The van der Waals surface area contributed by atoms with Crippen LogP contribution in [0.5, 0.6) is 11.5 Å². The van der Waals surface area contributed by atoms with Crippen molar-refractivity contribution in [2.45, 2.75) is 25.7 Å². The number of carbonyl (C=O) groups excluding carboxylic acids is 4. The maximum absolute atomic E-state index is 13.5. The largest absolute Gasteiger partial charge is 0.461 e. The Kier molecular flexibility index (Phi) is 11.9. The lowest BCUT2D eigenvalue weighted by Gasteiger charge is -2.08. The molecule has 0 unspecified atom stereocenters. The molecule has 2 aromatic carbocycles. The van der Waals surface area contributed by atoms with Crippen LogP contribution < -0.4 is 9.47 Å². The van der Waals surface area contributed by atoms with Crippen LogP contribution in [0.3, 0.4) is 0 Å². The molecule has 0 heterocycles. The Bertz CT molecular complexity index is 1260. The molecule has 0 saturated carbocycles. The highest BCUT2D eigenvalue weighted by Gasteiger charge is 2.30. The zero-order valence-electron chi connectivity index (χ0n) is 20.4. The highest BCUT2D eigenvalue weighted by Crippen LogP contribution is 2.30. The van der Waals surface area contributed by atoms with Crippen molar-refractivity contribution in [1.82, 2.24) is 0 Å². The van der Waals surface area contributed by atoms with Crippen molar-refractivity contribution in [2.75, 3.05) is 13.2 Å². The minimum atomic E-state index is -2.47. The van der Waals surface area contributed by atoms with Crippen LogP contribution in [0.4, 0.5) is 43.9 Å². The summed E-state index contributed by atoms with van der Waals surface area (Å²) in [5.41, 5.74) is 0. The van der Waals surface area contributed by atoms with Gasteiger partial charge in [-0.05, 0) is 12.2 Å². The topological polar surface area (TPSA) is 105 Å². The normalized spacial score (nSPS) is 11.0. The Labute approximate surface area is 227 Å². The van der Waals surface area contributed by atoms with E-state index in [0.717, 1.165) is 12.2 Å². The van der Waals surface area contributed by atoms with E-state index < -0.39 is 132 Å². The third kappa shape index (κ3) is 8.43. The SMILES string of the molecule is O=C(CCC(=O)Oc1c(F)c(F)c(F)c(F)c1F)OC/C=C/COC(=O)CCC(=O)Oc1c(F)c(F)c(F)c(F)c1F. The molecule has 0 aliphatic rings. The molecule has 0 aromatic heterocycles. The monoisotopic (exact) mass is 620 g/mol. The molecule has 0 radical (unpaired) electrons. The van der Waals surface area contributed by atoms with Gasteiger partial charge in [0.05, 0.1) is 25.7 Å². The maximum Gasteiger partial charge on any atom is 0.311 e. The molecule has 18 heteroatoms. The summed E-state index contributed by atoms with van der Waals surface area (Å²) in [6.07, 6.45) is -0.916. The molecule has 8 nitrogen and oxygen atoms in total. The molecule has 2 rings (SSSR count). The lowest BCUT2D eigenvalue weighted by Crippen LogP contribution is -2.16. The van der Waals surface area contributed by atoms with E-state index in [0.29, 0.717) is 0 Å². The average molecular weight is 620 g/mol. The van der Waals surface area contributed by atoms with Crippen LogP contribution in [0.25, 0.3) is 0 Å². The minimum Gasteiger partial charge on any atom is -0.461 e. The third-order valence-corrected chi connectivity index (χ3v) is 4.69. The predicted octanol–water partition coefficient (Wildman–Crippen LogP) is 4.79. The predicted molar refractivity (Wildman–Crippen MR) is 113 cm³/mol. The summed E-state index contributed by atoms with van der Waals surface area (Å²) in [5.74, 6) is -32.7. The van der Waals surface area contributed by atoms with Crippen molar-refractivity contribution in [3.63, 3.8) is 0 Å². The van der Waals surface area contributed by atoms with Gasteiger partial charge in [-0.3, -0.25) is 19.2 Å². The van der Waals surface area contributed by atoms with E-state index in [1.54, 1.807) is 0 Å². The Balaban J connectivity index is 1.67. The molecular formula is C24H14F10O8. The van der Waals surface area contributed by atoms with E-state index in [2.05, 4.69) is 18.9 Å². The smallest absolute Gasteiger partial charge is 0.311 e. The van der Waals surface area contributed by atoms with Gasteiger partial charge in [-0.1, -0.05) is 0 Å². The summed E-state index contributed by atoms with van der Waals surface area (Å²) in [6.45, 7) is -0.894. The molecule has 0 saturated heterocycles. The molecule has 0 fully saturated rings. The Morgan fingerprint density at radius 2 is 0.643 bits per heavy atom. The van der Waals surface area contributed by atoms with E-state index >= 15 is 0 Å². The van der Waals surface area contributed by atoms with Gasteiger partial charge in [0.25, 0.3) is 0 Å². The number of benzene rings is 2. The lowest BCUT2D eigenvalue weighted by atomic mass is 10.2. The summed E-state index contributed by atoms with van der Waals surface area (Å²) in [6, 6.07) is 0. The standard InChI is InChI=1S/C24H14F10O8/c25-13-15(27)19(31)23(20(32)16(13)28)41-11(37)5-3-9(35)39-7-1-2-8-40-10(36)4-6-12(38)42-24-21(33)17(29)14(26)18(30)22(24)34/h1-2H,3-8H2/b2-1+. The lowest BCUT2D eigenvalue weighted by molar-refractivity contribution is -0.146. The van der Waals surface area contributed by atoms with Crippen molar-refractivity contribution in [3.8, 4) is 11.5 Å². The van der Waals surface area contributed by atoms with E-state index in [4.69, 9.17) is 0 Å². The van der Waals surface area contributed by atoms with E-state index in [1.807, 2.05) is 0 Å². The molecule has 0 aliphatic carbocycles. The molecule has 0 atom stereocenters. The summed E-state index contributed by atoms with van der Waals surface area (Å²) >= 11 is 0. The summed E-state index contributed by atoms with van der Waals surface area (Å²) in [7, 11) is 0. The van der Waals surface area contributed by atoms with Gasteiger partial charge in [0.15, 0.2) is 0 Å². The fourth-order valence-corrected chi connectivity index (χ4v) is 2.65. The van der Waals surface area contributed by atoms with Crippen molar-refractivity contribution in [3.05, 3.63) is 70.3 Å². The minimum absolute atomic E-state index is 0.447. The molecular weight excluding hydrogens is 606 g/mol. The van der Waals surface area contributed by atoms with E-state index in [1.165, 1.54) is 0 Å². The molecule has 42 heavy (non-hydrogen) atoms. The molecule has 0 amide bonds. The zero-order valence-corrected chi connectivity index (χ0v) is 20.4. The molecule has 228 valence electrons. The number of carbonyl (C=O) groups is 4. The summed E-state index contributed by atoms with van der Waals surface area (Å²) in [5, 5.41) is 0. The van der Waals surface area contributed by atoms with Crippen LogP contribution in [0.15, 0.2) is 12.2 Å². The summed E-state index contributed by atoms with van der Waals surface area (Å²) < 4.78 is 150. The van der Waals surface area contributed by atoms with Crippen LogP contribution in [-0.4, -0.2) is 37.1 Å². The first-order chi connectivity index (χ1) is 19.7. The number of hydrogen-bond donors (Lipinski definition) is 0. The van der Waals surface area contributed by atoms with Crippen LogP contribution >= 0.6 is 0 Å². The highest BCUT2D eigenvalue weighted by atomic mass is 19.2. The van der Waals surface area contributed by atoms with Crippen LogP contribution in [0.2, 0.25) is 0 Å². The van der Waals surface area contributed by atoms with Gasteiger partial charge in [-0.15, -0.1) is 0 Å². The van der Waals surface area contributed by atoms with Gasteiger partial charge in [0.2, 0.25) is 69.7 Å². The van der Waals surface area contributed by atoms with Gasteiger partial charge in [0, 0.05) is 0 Å². The Morgan fingerprint density at radius 1 is 0.405 bits per heavy atom. The molecule has 0 spiro atoms. The van der Waals surface area contributed by atoms with E-state index in [9.17, 15) is 63.1 Å². The Hall–Kier alpha value is -4.64. The van der Waals surface area contributed by atoms with Gasteiger partial charge in [-0.2, -0.15) is 17.6 Å². The second-order valence-corrected chi connectivity index (χ2v) is 7.58. The van der Waals surface area contributed by atoms with Gasteiger partial charge in [-0.25, -0.2) is 26.3 Å². The molecule has 0 aliphatic heterocycles. The average Bonchev–Trinajstić information content (AvgIpc) is 2.96. The second-order valence-electron chi connectivity index (χ2n) is 7.58. The van der Waals surface area contributed by atoms with Crippen molar-refractivity contribution in [1.29, 1.82) is 0 Å². The fourth-order valence-electron chi connectivity index (χ4n) is 2.65. The number of rotatable bonds is 12. The molecule has 2 aromatic rings. The van der Waals surface area contributed by atoms with Crippen molar-refractivity contribution >= 4 is 23.9 Å². The quantitative estimate of drug-likeness (QED) is 0.0834. The first-order valence-electron chi connectivity index (χ1n) is 11.1. The van der Waals surface area contributed by atoms with Crippen LogP contribution in [-0.2, 0) is 28.7 Å². The second kappa shape index (κ2) is 14.8. The molecule has 0 N–H and O–H groups in total. The highest BCUT2D eigenvalue weighted by molar-refractivity contribution is 5.79. The number of hydrogen-bond acceptors (Lipinski definition) is 8. The fraction of sp³-hybridized carbons (Fsp3) is 0.250. The van der Waals surface area contributed by atoms with Crippen molar-refractivity contribution in [2.24, 2.45) is 0 Å². The zero-order chi connectivity index (χ0) is 31.7. The first kappa shape index (κ1) is 33.6. The van der Waals surface area contributed by atoms with E-state index in [-0.39, 0.29) is 0 Å². The summed E-state index contributed by atoms with van der Waals surface area (Å²) in [4.78, 5) is 46.4. The Morgan fingerprint density at radius 3 is 0.929 bits per heavy atom. The number of esters is 4. The number of halogens is 10. The van der Waals surface area contributed by atoms with Gasteiger partial charge >= 0.3 is 23.9 Å². The van der Waals surface area contributed by atoms with Crippen LogP contribution in [0.1, 0.15) is 25.7 Å². The first-order valence-corrected chi connectivity index (χ1v) is 11.1. The maximum atomic E-state index is 13.5. The van der Waals surface area contributed by atoms with Gasteiger partial charge in [0.1, 0.15) is 13.2 Å². The van der Waals surface area contributed by atoms with Crippen LogP contribution in [0, 0.1) is 58.2 Å². The third-order valence-electron chi connectivity index (χ3n) is 4.69. The van der Waals surface area contributed by atoms with Gasteiger partial charge < -0.3 is 18.9 Å². The number of ether oxygens (including phenoxy) is 4. The van der Waals surface area contributed by atoms with Crippen molar-refractivity contribution < 1.29 is 82.0 Å². The molecule has 0 bridgehead atoms.